The van der Waals surface area contributed by atoms with Gasteiger partial charge in [-0.15, -0.1) is 0 Å². The molecule has 4 heterocycles. The predicted molar refractivity (Wildman–Crippen MR) is 88.6 cm³/mol. The normalized spacial score (nSPS) is 24.0. The van der Waals surface area contributed by atoms with Crippen molar-refractivity contribution >= 4 is 28.9 Å². The van der Waals surface area contributed by atoms with Gasteiger partial charge >= 0.3 is 5.97 Å². The molecule has 4 rings (SSSR count). The Morgan fingerprint density at radius 3 is 2.83 bits per heavy atom. The molecular formula is C15H21N7O2. The molecule has 0 aliphatic carbocycles. The number of aromatic nitrogens is 4. The van der Waals surface area contributed by atoms with Gasteiger partial charge in [-0.25, -0.2) is 4.98 Å². The zero-order valence-corrected chi connectivity index (χ0v) is 13.6. The Morgan fingerprint density at radius 2 is 2.17 bits per heavy atom. The maximum Gasteiger partial charge on any atom is 0.320 e. The summed E-state index contributed by atoms with van der Waals surface area (Å²) < 4.78 is 0. The Bertz CT molecular complexity index is 781. The Morgan fingerprint density at radius 1 is 1.42 bits per heavy atom. The van der Waals surface area contributed by atoms with Gasteiger partial charge in [-0.2, -0.15) is 9.97 Å². The van der Waals surface area contributed by atoms with E-state index in [1.54, 1.807) is 6.33 Å². The van der Waals surface area contributed by atoms with Gasteiger partial charge in [0.1, 0.15) is 11.6 Å². The molecule has 2 fully saturated rings. The molecule has 1 atom stereocenters. The largest absolute Gasteiger partial charge is 0.480 e. The fourth-order valence-corrected chi connectivity index (χ4v) is 4.16. The van der Waals surface area contributed by atoms with Crippen molar-refractivity contribution in [1.29, 1.82) is 0 Å². The lowest BCUT2D eigenvalue weighted by atomic mass is 9.76. The van der Waals surface area contributed by atoms with Crippen molar-refractivity contribution in [2.75, 3.05) is 37.3 Å². The minimum Gasteiger partial charge on any atom is -0.480 e. The number of hydrogen-bond donors (Lipinski definition) is 3. The van der Waals surface area contributed by atoms with Gasteiger partial charge in [0.05, 0.1) is 6.33 Å². The highest BCUT2D eigenvalue weighted by atomic mass is 16.4. The standard InChI is InChI=1S/C15H21N7O2/c1-21-7-15(6-9(21)13(23)24)2-4-22(5-3-15)12-10-11(18-8-17-10)19-14(16)20-12/h8-9H,2-7H2,1H3,(H,23,24)(H3,16,17,18,19,20)/t9-/m0/s1. The van der Waals surface area contributed by atoms with Crippen LogP contribution in [0, 0.1) is 5.41 Å². The van der Waals surface area contributed by atoms with Crippen LogP contribution in [0.3, 0.4) is 0 Å². The Labute approximate surface area is 138 Å². The SMILES string of the molecule is CN1CC2(CCN(c3nc(N)nc4nc[nH]c34)CC2)C[C@H]1C(=O)O. The molecule has 24 heavy (non-hydrogen) atoms. The third kappa shape index (κ3) is 2.35. The van der Waals surface area contributed by atoms with Crippen LogP contribution in [0.5, 0.6) is 0 Å². The number of carboxylic acids is 1. The number of nitrogens with two attached hydrogens (primary N) is 1. The summed E-state index contributed by atoms with van der Waals surface area (Å²) >= 11 is 0. The average Bonchev–Trinajstić information content (AvgIpc) is 3.12. The number of carbonyl (C=O) groups is 1. The van der Waals surface area contributed by atoms with Gasteiger partial charge in [0.2, 0.25) is 5.95 Å². The summed E-state index contributed by atoms with van der Waals surface area (Å²) in [6.07, 6.45) is 4.20. The van der Waals surface area contributed by atoms with Gasteiger partial charge in [0, 0.05) is 19.6 Å². The molecule has 1 spiro atoms. The third-order valence-electron chi connectivity index (χ3n) is 5.44. The van der Waals surface area contributed by atoms with E-state index in [1.165, 1.54) is 0 Å². The van der Waals surface area contributed by atoms with E-state index >= 15 is 0 Å². The lowest BCUT2D eigenvalue weighted by molar-refractivity contribution is -0.141. The first-order valence-corrected chi connectivity index (χ1v) is 8.12. The molecule has 0 saturated carbocycles. The fraction of sp³-hybridized carbons (Fsp3) is 0.600. The number of imidazole rings is 1. The maximum atomic E-state index is 11.4. The molecule has 2 aromatic heterocycles. The summed E-state index contributed by atoms with van der Waals surface area (Å²) in [6.45, 7) is 2.48. The number of aliphatic carboxylic acids is 1. The molecule has 4 N–H and O–H groups in total. The van der Waals surface area contributed by atoms with Crippen LogP contribution in [0.25, 0.3) is 11.2 Å². The van der Waals surface area contributed by atoms with Crippen molar-refractivity contribution in [3.05, 3.63) is 6.33 Å². The third-order valence-corrected chi connectivity index (χ3v) is 5.44. The molecule has 0 aromatic carbocycles. The summed E-state index contributed by atoms with van der Waals surface area (Å²) in [6, 6.07) is -0.370. The van der Waals surface area contributed by atoms with Gasteiger partial charge < -0.3 is 20.7 Å². The maximum absolute atomic E-state index is 11.4. The Hall–Kier alpha value is -2.42. The van der Waals surface area contributed by atoms with Crippen LogP contribution in [0.2, 0.25) is 0 Å². The van der Waals surface area contributed by atoms with E-state index in [0.717, 1.165) is 50.2 Å². The average molecular weight is 331 g/mol. The van der Waals surface area contributed by atoms with Crippen LogP contribution in [0.1, 0.15) is 19.3 Å². The van der Waals surface area contributed by atoms with Crippen LogP contribution in [0.4, 0.5) is 11.8 Å². The summed E-state index contributed by atoms with van der Waals surface area (Å²) in [4.78, 5) is 31.3. The lowest BCUT2D eigenvalue weighted by Gasteiger charge is -2.39. The minimum atomic E-state index is -0.723. The molecule has 0 bridgehead atoms. The van der Waals surface area contributed by atoms with Crippen molar-refractivity contribution in [2.45, 2.75) is 25.3 Å². The van der Waals surface area contributed by atoms with Gasteiger partial charge in [0.15, 0.2) is 11.5 Å². The van der Waals surface area contributed by atoms with Crippen LogP contribution in [0.15, 0.2) is 6.33 Å². The van der Waals surface area contributed by atoms with Gasteiger partial charge in [-0.1, -0.05) is 0 Å². The van der Waals surface area contributed by atoms with Gasteiger partial charge in [-0.05, 0) is 31.7 Å². The second-order valence-electron chi connectivity index (χ2n) is 6.97. The molecule has 2 aromatic rings. The predicted octanol–water partition coefficient (Wildman–Crippen LogP) is 0.310. The van der Waals surface area contributed by atoms with E-state index in [2.05, 4.69) is 24.8 Å². The molecule has 0 radical (unpaired) electrons. The Balaban J connectivity index is 1.54. The number of rotatable bonds is 2. The number of H-pyrrole nitrogens is 1. The Kier molecular flexibility index (Phi) is 3.34. The molecule has 128 valence electrons. The topological polar surface area (TPSA) is 124 Å². The van der Waals surface area contributed by atoms with E-state index in [-0.39, 0.29) is 17.4 Å². The van der Waals surface area contributed by atoms with E-state index in [1.807, 2.05) is 11.9 Å². The number of hydrogen-bond acceptors (Lipinski definition) is 7. The highest BCUT2D eigenvalue weighted by molar-refractivity contribution is 5.84. The van der Waals surface area contributed by atoms with Crippen LogP contribution < -0.4 is 10.6 Å². The first-order chi connectivity index (χ1) is 11.5. The lowest BCUT2D eigenvalue weighted by Crippen LogP contribution is -2.41. The van der Waals surface area contributed by atoms with Crippen molar-refractivity contribution in [1.82, 2.24) is 24.8 Å². The first kappa shape index (κ1) is 15.1. The highest BCUT2D eigenvalue weighted by Gasteiger charge is 2.47. The molecule has 9 nitrogen and oxygen atoms in total. The fourth-order valence-electron chi connectivity index (χ4n) is 4.16. The van der Waals surface area contributed by atoms with Gasteiger partial charge in [0.25, 0.3) is 0 Å². The molecular weight excluding hydrogens is 310 g/mol. The molecule has 2 aliphatic rings. The second kappa shape index (κ2) is 5.30. The number of nitrogens with zero attached hydrogens (tertiary/aromatic N) is 5. The molecule has 0 unspecified atom stereocenters. The minimum absolute atomic E-state index is 0.0833. The number of nitrogen functional groups attached to an aromatic ring is 1. The van der Waals surface area contributed by atoms with Crippen LogP contribution in [-0.2, 0) is 4.79 Å². The zero-order valence-electron chi connectivity index (χ0n) is 13.6. The highest BCUT2D eigenvalue weighted by Crippen LogP contribution is 2.43. The molecule has 9 heteroatoms. The smallest absolute Gasteiger partial charge is 0.320 e. The number of fused-ring (bicyclic) bond motifs is 1. The second-order valence-corrected chi connectivity index (χ2v) is 6.97. The van der Waals surface area contributed by atoms with Crippen molar-refractivity contribution in [3.8, 4) is 0 Å². The molecule has 2 saturated heterocycles. The number of anilines is 2. The van der Waals surface area contributed by atoms with Crippen molar-refractivity contribution < 1.29 is 9.90 Å². The molecule has 2 aliphatic heterocycles. The van der Waals surface area contributed by atoms with E-state index in [0.29, 0.717) is 5.65 Å². The van der Waals surface area contributed by atoms with E-state index < -0.39 is 5.97 Å². The van der Waals surface area contributed by atoms with E-state index in [9.17, 15) is 9.90 Å². The van der Waals surface area contributed by atoms with Crippen molar-refractivity contribution in [3.63, 3.8) is 0 Å². The van der Waals surface area contributed by atoms with Crippen LogP contribution in [-0.4, -0.2) is 68.6 Å². The van der Waals surface area contributed by atoms with Crippen LogP contribution >= 0.6 is 0 Å². The van der Waals surface area contributed by atoms with E-state index in [4.69, 9.17) is 5.73 Å². The first-order valence-electron chi connectivity index (χ1n) is 8.12. The summed E-state index contributed by atoms with van der Waals surface area (Å²) in [5, 5.41) is 9.36. The summed E-state index contributed by atoms with van der Waals surface area (Å²) in [5.74, 6) is 0.280. The zero-order chi connectivity index (χ0) is 16.9. The quantitative estimate of drug-likeness (QED) is 0.718. The van der Waals surface area contributed by atoms with Gasteiger partial charge in [-0.3, -0.25) is 9.69 Å². The number of aromatic amines is 1. The number of likely N-dealkylation sites (tertiary alicyclic amines) is 1. The summed E-state index contributed by atoms with van der Waals surface area (Å²) in [7, 11) is 1.90. The summed E-state index contributed by atoms with van der Waals surface area (Å²) in [5.41, 5.74) is 7.26. The number of nitrogens with one attached hydrogen (secondary N) is 1. The number of likely N-dealkylation sites (N-methyl/N-ethyl adjacent to an activating group) is 1. The number of piperidine rings is 1. The monoisotopic (exact) mass is 331 g/mol. The molecule has 0 amide bonds. The van der Waals surface area contributed by atoms with Crippen molar-refractivity contribution in [2.24, 2.45) is 5.41 Å². The number of carboxylic acid groups (broad SMARTS) is 1.